The highest BCUT2D eigenvalue weighted by Gasteiger charge is 2.18. The van der Waals surface area contributed by atoms with Crippen LogP contribution in [-0.2, 0) is 0 Å². The predicted octanol–water partition coefficient (Wildman–Crippen LogP) is 2.37. The molecule has 6 heteroatoms. The Hall–Kier alpha value is -2.50. The summed E-state index contributed by atoms with van der Waals surface area (Å²) in [5.41, 5.74) is 2.56. The number of rotatable bonds is 3. The first kappa shape index (κ1) is 12.9. The lowest BCUT2D eigenvalue weighted by atomic mass is 9.99. The summed E-state index contributed by atoms with van der Waals surface area (Å²) in [6, 6.07) is 2.79. The van der Waals surface area contributed by atoms with E-state index < -0.39 is 5.97 Å². The van der Waals surface area contributed by atoms with Gasteiger partial charge < -0.3 is 19.5 Å². The maximum Gasteiger partial charge on any atom is 0.374 e. The van der Waals surface area contributed by atoms with Gasteiger partial charge in [0.15, 0.2) is 11.5 Å². The standard InChI is InChI=1S/C13H13NO5/c1-6-7(2)12(18-3)10(15)4-8(6)9-5-11(13(16)17)19-14-9/h4-5,15H,1-3H3,(H,16,17). The van der Waals surface area contributed by atoms with E-state index in [-0.39, 0.29) is 11.5 Å². The van der Waals surface area contributed by atoms with Crippen molar-refractivity contribution < 1.29 is 24.3 Å². The maximum atomic E-state index is 10.8. The molecule has 0 aliphatic rings. The van der Waals surface area contributed by atoms with E-state index in [0.717, 1.165) is 11.1 Å². The molecule has 2 aromatic rings. The second-order valence-electron chi connectivity index (χ2n) is 4.11. The third-order valence-corrected chi connectivity index (χ3v) is 3.02. The molecule has 2 N–H and O–H groups in total. The molecular formula is C13H13NO5. The number of hydrogen-bond acceptors (Lipinski definition) is 5. The van der Waals surface area contributed by atoms with E-state index in [2.05, 4.69) is 5.16 Å². The van der Waals surface area contributed by atoms with Crippen molar-refractivity contribution in [3.05, 3.63) is 29.0 Å². The Morgan fingerprint density at radius 2 is 2.00 bits per heavy atom. The van der Waals surface area contributed by atoms with Gasteiger partial charge in [0, 0.05) is 11.6 Å². The zero-order chi connectivity index (χ0) is 14.2. The van der Waals surface area contributed by atoms with Crippen LogP contribution in [0.4, 0.5) is 0 Å². The third-order valence-electron chi connectivity index (χ3n) is 3.02. The zero-order valence-electron chi connectivity index (χ0n) is 10.7. The molecule has 0 radical (unpaired) electrons. The summed E-state index contributed by atoms with van der Waals surface area (Å²) in [6.07, 6.45) is 0. The molecule has 19 heavy (non-hydrogen) atoms. The van der Waals surface area contributed by atoms with E-state index in [1.165, 1.54) is 19.2 Å². The van der Waals surface area contributed by atoms with E-state index >= 15 is 0 Å². The minimum atomic E-state index is -1.19. The lowest BCUT2D eigenvalue weighted by molar-refractivity contribution is 0.0652. The molecule has 0 fully saturated rings. The number of benzene rings is 1. The van der Waals surface area contributed by atoms with Crippen LogP contribution in [0.15, 0.2) is 16.7 Å². The van der Waals surface area contributed by atoms with Crippen molar-refractivity contribution in [3.8, 4) is 22.8 Å². The van der Waals surface area contributed by atoms with Gasteiger partial charge in [0.2, 0.25) is 5.76 Å². The van der Waals surface area contributed by atoms with Crippen molar-refractivity contribution in [2.75, 3.05) is 7.11 Å². The van der Waals surface area contributed by atoms with Gasteiger partial charge in [0.05, 0.1) is 7.11 Å². The van der Waals surface area contributed by atoms with Gasteiger partial charge in [-0.15, -0.1) is 0 Å². The topological polar surface area (TPSA) is 92.8 Å². The zero-order valence-corrected chi connectivity index (χ0v) is 10.7. The van der Waals surface area contributed by atoms with Gasteiger partial charge in [-0.1, -0.05) is 5.16 Å². The second-order valence-corrected chi connectivity index (χ2v) is 4.11. The molecular weight excluding hydrogens is 250 g/mol. The fourth-order valence-corrected chi connectivity index (χ4v) is 1.90. The molecule has 0 aliphatic heterocycles. The minimum absolute atomic E-state index is 0.0273. The van der Waals surface area contributed by atoms with Crippen molar-refractivity contribution in [1.82, 2.24) is 5.16 Å². The summed E-state index contributed by atoms with van der Waals surface area (Å²) >= 11 is 0. The first-order valence-electron chi connectivity index (χ1n) is 5.53. The number of carboxylic acids is 1. The Labute approximate surface area is 109 Å². The van der Waals surface area contributed by atoms with Gasteiger partial charge in [0.1, 0.15) is 5.69 Å². The number of phenolic OH excluding ortho intramolecular Hbond substituents is 1. The van der Waals surface area contributed by atoms with Crippen molar-refractivity contribution in [2.24, 2.45) is 0 Å². The molecule has 1 heterocycles. The molecule has 0 saturated carbocycles. The maximum absolute atomic E-state index is 10.8. The summed E-state index contributed by atoms with van der Waals surface area (Å²) in [4.78, 5) is 10.8. The van der Waals surface area contributed by atoms with E-state index in [1.54, 1.807) is 6.92 Å². The number of aromatic nitrogens is 1. The van der Waals surface area contributed by atoms with Gasteiger partial charge >= 0.3 is 5.97 Å². The van der Waals surface area contributed by atoms with Crippen LogP contribution in [0, 0.1) is 13.8 Å². The van der Waals surface area contributed by atoms with Crippen molar-refractivity contribution >= 4 is 5.97 Å². The SMILES string of the molecule is COc1c(O)cc(-c2cc(C(=O)O)on2)c(C)c1C. The highest BCUT2D eigenvalue weighted by atomic mass is 16.5. The first-order chi connectivity index (χ1) is 8.95. The molecule has 100 valence electrons. The van der Waals surface area contributed by atoms with Crippen molar-refractivity contribution in [2.45, 2.75) is 13.8 Å². The average Bonchev–Trinajstić information content (AvgIpc) is 2.84. The quantitative estimate of drug-likeness (QED) is 0.883. The Kier molecular flexibility index (Phi) is 3.16. The third kappa shape index (κ3) is 2.12. The number of hydrogen-bond donors (Lipinski definition) is 2. The van der Waals surface area contributed by atoms with Crippen LogP contribution in [-0.4, -0.2) is 28.4 Å². The number of carbonyl (C=O) groups is 1. The van der Waals surface area contributed by atoms with Crippen LogP contribution in [0.3, 0.4) is 0 Å². The summed E-state index contributed by atoms with van der Waals surface area (Å²) in [6.45, 7) is 3.64. The molecule has 0 bridgehead atoms. The van der Waals surface area contributed by atoms with E-state index in [9.17, 15) is 9.90 Å². The second kappa shape index (κ2) is 4.64. The Morgan fingerprint density at radius 1 is 1.32 bits per heavy atom. The van der Waals surface area contributed by atoms with Crippen molar-refractivity contribution in [3.63, 3.8) is 0 Å². The molecule has 6 nitrogen and oxygen atoms in total. The molecule has 0 amide bonds. The molecule has 1 aromatic carbocycles. The highest BCUT2D eigenvalue weighted by molar-refractivity contribution is 5.86. The van der Waals surface area contributed by atoms with Crippen LogP contribution >= 0.6 is 0 Å². The van der Waals surface area contributed by atoms with Crippen LogP contribution in [0.25, 0.3) is 11.3 Å². The molecule has 0 unspecified atom stereocenters. The molecule has 0 spiro atoms. The number of methoxy groups -OCH3 is 1. The molecule has 0 aliphatic carbocycles. The van der Waals surface area contributed by atoms with Gasteiger partial charge in [0.25, 0.3) is 0 Å². The van der Waals surface area contributed by atoms with E-state index in [4.69, 9.17) is 14.4 Å². The average molecular weight is 263 g/mol. The number of aromatic carboxylic acids is 1. The van der Waals surface area contributed by atoms with Crippen LogP contribution in [0.2, 0.25) is 0 Å². The van der Waals surface area contributed by atoms with E-state index in [1.807, 2.05) is 6.92 Å². The minimum Gasteiger partial charge on any atom is -0.504 e. The highest BCUT2D eigenvalue weighted by Crippen LogP contribution is 2.38. The number of nitrogens with zero attached hydrogens (tertiary/aromatic N) is 1. The predicted molar refractivity (Wildman–Crippen MR) is 66.6 cm³/mol. The van der Waals surface area contributed by atoms with E-state index in [0.29, 0.717) is 17.0 Å². The summed E-state index contributed by atoms with van der Waals surface area (Å²) in [5.74, 6) is -1.07. The number of aromatic hydroxyl groups is 1. The van der Waals surface area contributed by atoms with Gasteiger partial charge in [-0.25, -0.2) is 4.79 Å². The molecule has 1 aromatic heterocycles. The fourth-order valence-electron chi connectivity index (χ4n) is 1.90. The van der Waals surface area contributed by atoms with Gasteiger partial charge in [-0.2, -0.15) is 0 Å². The lowest BCUT2D eigenvalue weighted by Crippen LogP contribution is -1.94. The number of ether oxygens (including phenoxy) is 1. The number of phenols is 1. The normalized spacial score (nSPS) is 10.5. The number of carboxylic acid groups (broad SMARTS) is 1. The molecule has 0 atom stereocenters. The summed E-state index contributed by atoms with van der Waals surface area (Å²) in [7, 11) is 1.47. The fraction of sp³-hybridized carbons (Fsp3) is 0.231. The lowest BCUT2D eigenvalue weighted by Gasteiger charge is -2.12. The monoisotopic (exact) mass is 263 g/mol. The Morgan fingerprint density at radius 3 is 2.53 bits per heavy atom. The van der Waals surface area contributed by atoms with Crippen LogP contribution in [0.5, 0.6) is 11.5 Å². The van der Waals surface area contributed by atoms with Crippen molar-refractivity contribution in [1.29, 1.82) is 0 Å². The summed E-state index contributed by atoms with van der Waals surface area (Å²) < 4.78 is 9.81. The van der Waals surface area contributed by atoms with Gasteiger partial charge in [-0.05, 0) is 31.0 Å². The Balaban J connectivity index is 2.59. The van der Waals surface area contributed by atoms with Gasteiger partial charge in [-0.3, -0.25) is 0 Å². The van der Waals surface area contributed by atoms with Crippen LogP contribution < -0.4 is 4.74 Å². The summed E-state index contributed by atoms with van der Waals surface area (Å²) in [5, 5.41) is 22.4. The molecule has 0 saturated heterocycles. The first-order valence-corrected chi connectivity index (χ1v) is 5.53. The molecule has 2 rings (SSSR count). The Bertz CT molecular complexity index is 645. The van der Waals surface area contributed by atoms with Crippen LogP contribution in [0.1, 0.15) is 21.7 Å². The largest absolute Gasteiger partial charge is 0.504 e. The smallest absolute Gasteiger partial charge is 0.374 e.